The van der Waals surface area contributed by atoms with Gasteiger partial charge in [-0.3, -0.25) is 4.79 Å². The fourth-order valence-corrected chi connectivity index (χ4v) is 3.23. The zero-order valence-corrected chi connectivity index (χ0v) is 12.9. The number of nitrogens with one attached hydrogen (secondary N) is 1. The van der Waals surface area contributed by atoms with Gasteiger partial charge >= 0.3 is 5.97 Å². The SMILES string of the molecule is COC(=O)[C@H](NC(=O)c1c(C)sc2ccccc12)[C@H](C)O. The molecule has 0 aliphatic heterocycles. The van der Waals surface area contributed by atoms with Crippen LogP contribution in [0.4, 0.5) is 0 Å². The molecular formula is C15H17NO4S. The maximum Gasteiger partial charge on any atom is 0.331 e. The molecule has 0 saturated carbocycles. The molecule has 0 saturated heterocycles. The van der Waals surface area contributed by atoms with Crippen LogP contribution in [0.2, 0.25) is 0 Å². The minimum atomic E-state index is -1.08. The molecule has 21 heavy (non-hydrogen) atoms. The number of ether oxygens (including phenoxy) is 1. The molecule has 5 nitrogen and oxygen atoms in total. The Morgan fingerprint density at radius 2 is 2.00 bits per heavy atom. The molecule has 1 aromatic heterocycles. The van der Waals surface area contributed by atoms with Gasteiger partial charge in [0.1, 0.15) is 0 Å². The summed E-state index contributed by atoms with van der Waals surface area (Å²) < 4.78 is 5.60. The molecule has 0 fully saturated rings. The van der Waals surface area contributed by atoms with Crippen molar-refractivity contribution in [3.63, 3.8) is 0 Å². The smallest absolute Gasteiger partial charge is 0.331 e. The van der Waals surface area contributed by atoms with Crippen molar-refractivity contribution in [1.82, 2.24) is 5.32 Å². The van der Waals surface area contributed by atoms with E-state index in [1.165, 1.54) is 25.4 Å². The topological polar surface area (TPSA) is 75.6 Å². The van der Waals surface area contributed by atoms with Crippen LogP contribution >= 0.6 is 11.3 Å². The van der Waals surface area contributed by atoms with Gasteiger partial charge in [-0.1, -0.05) is 18.2 Å². The average Bonchev–Trinajstić information content (AvgIpc) is 2.79. The number of aliphatic hydroxyl groups is 1. The Morgan fingerprint density at radius 3 is 2.62 bits per heavy atom. The molecule has 0 spiro atoms. The number of hydrogen-bond acceptors (Lipinski definition) is 5. The van der Waals surface area contributed by atoms with Crippen LogP contribution in [0, 0.1) is 6.92 Å². The molecule has 2 rings (SSSR count). The fraction of sp³-hybridized carbons (Fsp3) is 0.333. The summed E-state index contributed by atoms with van der Waals surface area (Å²) in [6.07, 6.45) is -1.04. The molecule has 112 valence electrons. The van der Waals surface area contributed by atoms with E-state index in [1.807, 2.05) is 31.2 Å². The van der Waals surface area contributed by atoms with E-state index in [-0.39, 0.29) is 5.91 Å². The van der Waals surface area contributed by atoms with Crippen LogP contribution < -0.4 is 5.32 Å². The quantitative estimate of drug-likeness (QED) is 0.846. The van der Waals surface area contributed by atoms with Crippen molar-refractivity contribution in [3.05, 3.63) is 34.7 Å². The molecule has 6 heteroatoms. The van der Waals surface area contributed by atoms with Gasteiger partial charge < -0.3 is 15.2 Å². The second-order valence-corrected chi connectivity index (χ2v) is 6.00. The van der Waals surface area contributed by atoms with Crippen molar-refractivity contribution in [3.8, 4) is 0 Å². The van der Waals surface area contributed by atoms with Gasteiger partial charge in [0.05, 0.1) is 18.8 Å². The number of rotatable bonds is 4. The minimum Gasteiger partial charge on any atom is -0.467 e. The van der Waals surface area contributed by atoms with E-state index in [9.17, 15) is 14.7 Å². The molecule has 1 amide bonds. The third-order valence-corrected chi connectivity index (χ3v) is 4.31. The Hall–Kier alpha value is -1.92. The normalized spacial score (nSPS) is 13.7. The lowest BCUT2D eigenvalue weighted by Crippen LogP contribution is -2.48. The summed E-state index contributed by atoms with van der Waals surface area (Å²) >= 11 is 1.52. The predicted octanol–water partition coefficient (Wildman–Crippen LogP) is 1.86. The Balaban J connectivity index is 2.34. The van der Waals surface area contributed by atoms with Gasteiger partial charge in [-0.05, 0) is 19.9 Å². The van der Waals surface area contributed by atoms with Crippen molar-refractivity contribution in [2.75, 3.05) is 7.11 Å². The second-order valence-electron chi connectivity index (χ2n) is 4.74. The summed E-state index contributed by atoms with van der Waals surface area (Å²) in [5.74, 6) is -1.06. The summed E-state index contributed by atoms with van der Waals surface area (Å²) in [6.45, 7) is 3.29. The van der Waals surface area contributed by atoms with Gasteiger partial charge in [-0.2, -0.15) is 0 Å². The molecule has 1 aromatic carbocycles. The second kappa shape index (κ2) is 6.24. The number of amides is 1. The molecule has 0 unspecified atom stereocenters. The van der Waals surface area contributed by atoms with Crippen LogP contribution in [0.25, 0.3) is 10.1 Å². The number of esters is 1. The van der Waals surface area contributed by atoms with Crippen LogP contribution in [0.1, 0.15) is 22.2 Å². The van der Waals surface area contributed by atoms with E-state index in [0.717, 1.165) is 15.0 Å². The first kappa shape index (κ1) is 15.5. The summed E-state index contributed by atoms with van der Waals surface area (Å²) in [5, 5.41) is 13.0. The van der Waals surface area contributed by atoms with Gasteiger partial charge in [0.25, 0.3) is 5.91 Å². The summed E-state index contributed by atoms with van der Waals surface area (Å²) in [6, 6.07) is 6.49. The van der Waals surface area contributed by atoms with Crippen molar-refractivity contribution in [2.24, 2.45) is 0 Å². The number of carbonyl (C=O) groups excluding carboxylic acids is 2. The zero-order chi connectivity index (χ0) is 15.6. The molecule has 1 heterocycles. The van der Waals surface area contributed by atoms with Crippen molar-refractivity contribution in [1.29, 1.82) is 0 Å². The van der Waals surface area contributed by atoms with Gasteiger partial charge in [-0.15, -0.1) is 11.3 Å². The standard InChI is InChI=1S/C15H17NO4S/c1-8(17)13(15(19)20-3)16-14(18)12-9(2)21-11-7-5-4-6-10(11)12/h4-8,13,17H,1-3H3,(H,16,18)/t8-,13+/m0/s1. The average molecular weight is 307 g/mol. The number of thiophene rings is 1. The fourth-order valence-electron chi connectivity index (χ4n) is 2.17. The van der Waals surface area contributed by atoms with Gasteiger partial charge in [0.2, 0.25) is 0 Å². The van der Waals surface area contributed by atoms with E-state index in [4.69, 9.17) is 0 Å². The molecule has 0 aliphatic rings. The van der Waals surface area contributed by atoms with Crippen LogP contribution in [0.15, 0.2) is 24.3 Å². The number of benzene rings is 1. The number of aliphatic hydroxyl groups excluding tert-OH is 1. The molecule has 2 atom stereocenters. The Bertz CT molecular complexity index is 677. The van der Waals surface area contributed by atoms with E-state index in [1.54, 1.807) is 0 Å². The Kier molecular flexibility index (Phi) is 4.59. The molecule has 2 aromatic rings. The van der Waals surface area contributed by atoms with Gasteiger partial charge in [-0.25, -0.2) is 4.79 Å². The lowest BCUT2D eigenvalue weighted by molar-refractivity contribution is -0.145. The maximum absolute atomic E-state index is 12.5. The van der Waals surface area contributed by atoms with Gasteiger partial charge in [0, 0.05) is 15.0 Å². The molecule has 0 aliphatic carbocycles. The van der Waals surface area contributed by atoms with E-state index >= 15 is 0 Å². The minimum absolute atomic E-state index is 0.388. The summed E-state index contributed by atoms with van der Waals surface area (Å²) in [7, 11) is 1.22. The Morgan fingerprint density at radius 1 is 1.33 bits per heavy atom. The van der Waals surface area contributed by atoms with Crippen LogP contribution in [-0.4, -0.2) is 36.2 Å². The molecule has 0 radical (unpaired) electrons. The number of hydrogen-bond donors (Lipinski definition) is 2. The van der Waals surface area contributed by atoms with E-state index < -0.39 is 18.1 Å². The van der Waals surface area contributed by atoms with E-state index in [2.05, 4.69) is 10.1 Å². The third-order valence-electron chi connectivity index (χ3n) is 3.22. The first-order valence-corrected chi connectivity index (χ1v) is 7.32. The first-order chi connectivity index (χ1) is 9.95. The summed E-state index contributed by atoms with van der Waals surface area (Å²) in [4.78, 5) is 24.9. The molecular weight excluding hydrogens is 290 g/mol. The Labute approximate surface area is 126 Å². The highest BCUT2D eigenvalue weighted by molar-refractivity contribution is 7.19. The summed E-state index contributed by atoms with van der Waals surface area (Å²) in [5.41, 5.74) is 0.533. The number of carbonyl (C=O) groups is 2. The highest BCUT2D eigenvalue weighted by Gasteiger charge is 2.28. The van der Waals surface area contributed by atoms with Gasteiger partial charge in [0.15, 0.2) is 6.04 Å². The van der Waals surface area contributed by atoms with Crippen LogP contribution in [0.5, 0.6) is 0 Å². The number of methoxy groups -OCH3 is 1. The maximum atomic E-state index is 12.5. The first-order valence-electron chi connectivity index (χ1n) is 6.50. The highest BCUT2D eigenvalue weighted by Crippen LogP contribution is 2.30. The lowest BCUT2D eigenvalue weighted by atomic mass is 10.1. The van der Waals surface area contributed by atoms with Crippen LogP contribution in [-0.2, 0) is 9.53 Å². The predicted molar refractivity (Wildman–Crippen MR) is 81.5 cm³/mol. The monoisotopic (exact) mass is 307 g/mol. The number of aryl methyl sites for hydroxylation is 1. The van der Waals surface area contributed by atoms with E-state index in [0.29, 0.717) is 5.56 Å². The van der Waals surface area contributed by atoms with Crippen molar-refractivity contribution >= 4 is 33.3 Å². The lowest BCUT2D eigenvalue weighted by Gasteiger charge is -2.19. The van der Waals surface area contributed by atoms with Crippen molar-refractivity contribution < 1.29 is 19.4 Å². The zero-order valence-electron chi connectivity index (χ0n) is 12.0. The van der Waals surface area contributed by atoms with Crippen LogP contribution in [0.3, 0.4) is 0 Å². The largest absolute Gasteiger partial charge is 0.467 e. The number of fused-ring (bicyclic) bond motifs is 1. The molecule has 2 N–H and O–H groups in total. The molecule has 0 bridgehead atoms. The third kappa shape index (κ3) is 3.06. The van der Waals surface area contributed by atoms with Crippen molar-refractivity contribution in [2.45, 2.75) is 26.0 Å². The highest BCUT2D eigenvalue weighted by atomic mass is 32.1.